The summed E-state index contributed by atoms with van der Waals surface area (Å²) < 4.78 is 12.9. The van der Waals surface area contributed by atoms with Gasteiger partial charge in [0.25, 0.3) is 0 Å². The number of hydrogen-bond acceptors (Lipinski definition) is 5. The maximum Gasteiger partial charge on any atom is 0.164 e. The van der Waals surface area contributed by atoms with E-state index in [1.54, 1.807) is 0 Å². The molecule has 5 heteroatoms. The molecule has 10 rings (SSSR count). The highest BCUT2D eigenvalue weighted by Crippen LogP contribution is 2.42. The molecule has 9 aromatic rings. The van der Waals surface area contributed by atoms with E-state index in [1.807, 2.05) is 72.8 Å². The van der Waals surface area contributed by atoms with Gasteiger partial charge in [0.1, 0.15) is 22.3 Å². The third kappa shape index (κ3) is 4.28. The van der Waals surface area contributed by atoms with E-state index >= 15 is 0 Å². The van der Waals surface area contributed by atoms with Gasteiger partial charge in [0.15, 0.2) is 17.5 Å². The lowest BCUT2D eigenvalue weighted by molar-refractivity contribution is 0.668. The van der Waals surface area contributed by atoms with Crippen molar-refractivity contribution in [3.63, 3.8) is 0 Å². The Hall–Kier alpha value is -6.33. The second-order valence-corrected chi connectivity index (χ2v) is 12.3. The van der Waals surface area contributed by atoms with Gasteiger partial charge in [-0.3, -0.25) is 0 Å². The fourth-order valence-corrected chi connectivity index (χ4v) is 7.10. The first-order valence-corrected chi connectivity index (χ1v) is 16.2. The minimum atomic E-state index is 0.605. The number of rotatable bonds is 4. The number of aryl methyl sites for hydroxylation is 1. The molecule has 3 aromatic heterocycles. The molecule has 0 saturated carbocycles. The highest BCUT2D eigenvalue weighted by Gasteiger charge is 2.20. The van der Waals surface area contributed by atoms with Crippen molar-refractivity contribution in [2.75, 3.05) is 0 Å². The number of nitrogens with zero attached hydrogens (tertiary/aromatic N) is 3. The third-order valence-corrected chi connectivity index (χ3v) is 9.38. The van der Waals surface area contributed by atoms with Crippen LogP contribution in [0, 0.1) is 0 Å². The third-order valence-electron chi connectivity index (χ3n) is 9.38. The Labute approximate surface area is 275 Å². The SMILES string of the molecule is C1=Cc2cc3oc4cccc(-c5ccc6c(c5)oc5cccc(-c7nc(-c8ccccc8)nc(-c8ccccc8)n7)c56)c4c3cc2CC1. The molecule has 0 radical (unpaired) electrons. The van der Waals surface area contributed by atoms with Crippen LogP contribution in [0.25, 0.3) is 95.2 Å². The van der Waals surface area contributed by atoms with Crippen molar-refractivity contribution in [1.82, 2.24) is 15.0 Å². The molecule has 5 nitrogen and oxygen atoms in total. The van der Waals surface area contributed by atoms with E-state index in [0.717, 1.165) is 84.5 Å². The van der Waals surface area contributed by atoms with Crippen LogP contribution in [0.4, 0.5) is 0 Å². The summed E-state index contributed by atoms with van der Waals surface area (Å²) in [6.45, 7) is 0. The van der Waals surface area contributed by atoms with Crippen molar-refractivity contribution in [1.29, 1.82) is 0 Å². The molecule has 1 aliphatic rings. The van der Waals surface area contributed by atoms with Crippen molar-refractivity contribution in [2.24, 2.45) is 0 Å². The van der Waals surface area contributed by atoms with Crippen LogP contribution in [0.1, 0.15) is 17.5 Å². The molecule has 0 amide bonds. The van der Waals surface area contributed by atoms with E-state index in [1.165, 1.54) is 11.1 Å². The molecule has 0 unspecified atom stereocenters. The lowest BCUT2D eigenvalue weighted by Gasteiger charge is -2.10. The van der Waals surface area contributed by atoms with Gasteiger partial charge in [0, 0.05) is 38.2 Å². The Kier molecular flexibility index (Phi) is 5.93. The molecule has 48 heavy (non-hydrogen) atoms. The molecule has 0 spiro atoms. The number of benzene rings is 6. The van der Waals surface area contributed by atoms with Gasteiger partial charge in [-0.1, -0.05) is 103 Å². The van der Waals surface area contributed by atoms with E-state index in [4.69, 9.17) is 23.8 Å². The highest BCUT2D eigenvalue weighted by molar-refractivity contribution is 6.15. The molecule has 0 saturated heterocycles. The number of hydrogen-bond donors (Lipinski definition) is 0. The lowest BCUT2D eigenvalue weighted by atomic mass is 9.93. The standard InChI is InChI=1S/C43H27N3O2/c1-3-11-26(12-4-1)41-44-42(27-13-5-2-6-14-27)46-43(45-41)33-18-10-20-36-40(33)32-22-21-30(25-37(32)47-36)31-17-9-19-35-39(31)34-23-28-15-7-8-16-29(28)24-38(34)48-35/h1-6,8-14,16-25H,7,15H2. The lowest BCUT2D eigenvalue weighted by Crippen LogP contribution is -2.00. The van der Waals surface area contributed by atoms with E-state index in [9.17, 15) is 0 Å². The molecule has 0 atom stereocenters. The van der Waals surface area contributed by atoms with Gasteiger partial charge in [-0.25, -0.2) is 15.0 Å². The maximum absolute atomic E-state index is 6.56. The Morgan fingerprint density at radius 1 is 0.458 bits per heavy atom. The minimum absolute atomic E-state index is 0.605. The summed E-state index contributed by atoms with van der Waals surface area (Å²) in [4.78, 5) is 14.9. The zero-order valence-electron chi connectivity index (χ0n) is 25.9. The van der Waals surface area contributed by atoms with Gasteiger partial charge in [0.05, 0.1) is 0 Å². The van der Waals surface area contributed by atoms with E-state index in [-0.39, 0.29) is 0 Å². The van der Waals surface area contributed by atoms with Gasteiger partial charge in [-0.15, -0.1) is 0 Å². The Balaban J connectivity index is 1.15. The van der Waals surface area contributed by atoms with Crippen molar-refractivity contribution in [3.05, 3.63) is 145 Å². The van der Waals surface area contributed by atoms with E-state index in [2.05, 4.69) is 66.7 Å². The zero-order valence-corrected chi connectivity index (χ0v) is 25.9. The summed E-state index contributed by atoms with van der Waals surface area (Å²) >= 11 is 0. The normalized spacial score (nSPS) is 12.8. The average molecular weight is 618 g/mol. The minimum Gasteiger partial charge on any atom is -0.456 e. The first-order valence-electron chi connectivity index (χ1n) is 16.2. The summed E-state index contributed by atoms with van der Waals surface area (Å²) in [6.07, 6.45) is 6.56. The van der Waals surface area contributed by atoms with Crippen LogP contribution in [0.15, 0.2) is 142 Å². The van der Waals surface area contributed by atoms with Crippen LogP contribution in [-0.4, -0.2) is 15.0 Å². The number of furan rings is 2. The van der Waals surface area contributed by atoms with Crippen LogP contribution >= 0.6 is 0 Å². The number of fused-ring (bicyclic) bond motifs is 7. The molecule has 0 N–H and O–H groups in total. The summed E-state index contributed by atoms with van der Waals surface area (Å²) in [5.41, 5.74) is 11.0. The number of allylic oxidation sites excluding steroid dienone is 1. The van der Waals surface area contributed by atoms with Gasteiger partial charge >= 0.3 is 0 Å². The summed E-state index contributed by atoms with van der Waals surface area (Å²) in [5, 5.41) is 4.28. The first kappa shape index (κ1) is 26.8. The van der Waals surface area contributed by atoms with E-state index < -0.39 is 0 Å². The molecular formula is C43H27N3O2. The highest BCUT2D eigenvalue weighted by atomic mass is 16.3. The van der Waals surface area contributed by atoms with Gasteiger partial charge in [0.2, 0.25) is 0 Å². The van der Waals surface area contributed by atoms with Gasteiger partial charge in [-0.2, -0.15) is 0 Å². The molecule has 0 bridgehead atoms. The summed E-state index contributed by atoms with van der Waals surface area (Å²) in [7, 11) is 0. The topological polar surface area (TPSA) is 65.0 Å². The predicted octanol–water partition coefficient (Wildman–Crippen LogP) is 11.3. The van der Waals surface area contributed by atoms with Gasteiger partial charge in [-0.05, 0) is 71.5 Å². The molecule has 3 heterocycles. The van der Waals surface area contributed by atoms with Crippen molar-refractivity contribution < 1.29 is 8.83 Å². The molecule has 0 fully saturated rings. The average Bonchev–Trinajstić information content (AvgIpc) is 3.72. The second-order valence-electron chi connectivity index (χ2n) is 12.3. The maximum atomic E-state index is 6.56. The van der Waals surface area contributed by atoms with Crippen LogP contribution in [0.3, 0.4) is 0 Å². The van der Waals surface area contributed by atoms with Crippen LogP contribution in [-0.2, 0) is 6.42 Å². The molecule has 226 valence electrons. The molecule has 6 aromatic carbocycles. The second kappa shape index (κ2) is 10.6. The summed E-state index contributed by atoms with van der Waals surface area (Å²) in [6, 6.07) is 43.5. The van der Waals surface area contributed by atoms with Crippen LogP contribution < -0.4 is 0 Å². The Bertz CT molecular complexity index is 2660. The number of aromatic nitrogens is 3. The fraction of sp³-hybridized carbons (Fsp3) is 0.0465. The van der Waals surface area contributed by atoms with Crippen molar-refractivity contribution >= 4 is 50.0 Å². The van der Waals surface area contributed by atoms with E-state index in [0.29, 0.717) is 17.5 Å². The zero-order chi connectivity index (χ0) is 31.6. The van der Waals surface area contributed by atoms with Crippen LogP contribution in [0.5, 0.6) is 0 Å². The quantitative estimate of drug-likeness (QED) is 0.197. The molecule has 1 aliphatic carbocycles. The van der Waals surface area contributed by atoms with Crippen LogP contribution in [0.2, 0.25) is 0 Å². The fourth-order valence-electron chi connectivity index (χ4n) is 7.10. The smallest absolute Gasteiger partial charge is 0.164 e. The largest absolute Gasteiger partial charge is 0.456 e. The Morgan fingerprint density at radius 3 is 1.79 bits per heavy atom. The van der Waals surface area contributed by atoms with Crippen molar-refractivity contribution in [2.45, 2.75) is 12.8 Å². The first-order chi connectivity index (χ1) is 23.8. The molecular weight excluding hydrogens is 590 g/mol. The Morgan fingerprint density at radius 2 is 1.08 bits per heavy atom. The van der Waals surface area contributed by atoms with Gasteiger partial charge < -0.3 is 8.83 Å². The summed E-state index contributed by atoms with van der Waals surface area (Å²) in [5.74, 6) is 1.86. The predicted molar refractivity (Wildman–Crippen MR) is 193 cm³/mol. The molecule has 0 aliphatic heterocycles. The monoisotopic (exact) mass is 617 g/mol. The van der Waals surface area contributed by atoms with Crippen molar-refractivity contribution in [3.8, 4) is 45.3 Å².